The number of thioether (sulfide) groups is 1. The molecule has 1 amide bonds. The smallest absolute Gasteiger partial charge is 0.232 e. The van der Waals surface area contributed by atoms with E-state index in [0.717, 1.165) is 31.4 Å². The van der Waals surface area contributed by atoms with Gasteiger partial charge in [0.2, 0.25) is 5.91 Å². The van der Waals surface area contributed by atoms with Crippen molar-refractivity contribution in [1.82, 2.24) is 9.88 Å². The average Bonchev–Trinajstić information content (AvgIpc) is 3.22. The zero-order valence-corrected chi connectivity index (χ0v) is 16.9. The number of benzene rings is 1. The minimum Gasteiger partial charge on any atom is -0.342 e. The summed E-state index contributed by atoms with van der Waals surface area (Å²) in [7, 11) is -2.87. The van der Waals surface area contributed by atoms with E-state index in [0.29, 0.717) is 18.1 Å². The maximum absolute atomic E-state index is 12.4. The zero-order chi connectivity index (χ0) is 18.1. The SMILES string of the molecule is O=C(CS[C@@H]1CCS(=O)(=O)C1)N1CCC(c2nc3ccccc3s2)CC1. The predicted octanol–water partition coefficient (Wildman–Crippen LogP) is 2.92. The van der Waals surface area contributed by atoms with Gasteiger partial charge in [-0.25, -0.2) is 13.4 Å². The van der Waals surface area contributed by atoms with E-state index in [1.54, 1.807) is 11.3 Å². The number of fused-ring (bicyclic) bond motifs is 1. The van der Waals surface area contributed by atoms with Crippen LogP contribution < -0.4 is 0 Å². The van der Waals surface area contributed by atoms with Gasteiger partial charge in [-0.2, -0.15) is 0 Å². The van der Waals surface area contributed by atoms with Gasteiger partial charge in [-0.05, 0) is 31.4 Å². The Kier molecular flexibility index (Phi) is 5.25. The third kappa shape index (κ3) is 4.07. The molecule has 0 N–H and O–H groups in total. The maximum atomic E-state index is 12.4. The standard InChI is InChI=1S/C18H22N2O3S3/c21-17(11-24-14-7-10-26(22,23)12-14)20-8-5-13(6-9-20)18-19-15-3-1-2-4-16(15)25-18/h1-4,13-14H,5-12H2/t14-/m1/s1. The van der Waals surface area contributed by atoms with Gasteiger partial charge in [0.25, 0.3) is 0 Å². The summed E-state index contributed by atoms with van der Waals surface area (Å²) in [4.78, 5) is 19.1. The van der Waals surface area contributed by atoms with Crippen molar-refractivity contribution in [3.8, 4) is 0 Å². The summed E-state index contributed by atoms with van der Waals surface area (Å²) in [5, 5.41) is 1.27. The molecule has 4 rings (SSSR count). The fourth-order valence-corrected chi connectivity index (χ4v) is 8.29. The lowest BCUT2D eigenvalue weighted by atomic mass is 9.97. The molecule has 2 aliphatic rings. The number of piperidine rings is 1. The third-order valence-electron chi connectivity index (χ3n) is 5.14. The molecule has 0 aliphatic carbocycles. The first kappa shape index (κ1) is 18.3. The second-order valence-corrected chi connectivity index (χ2v) is 11.6. The molecule has 5 nitrogen and oxygen atoms in total. The Bertz CT molecular complexity index is 868. The highest BCUT2D eigenvalue weighted by molar-refractivity contribution is 8.02. The molecule has 8 heteroatoms. The molecule has 0 spiro atoms. The Morgan fingerprint density at radius 3 is 2.69 bits per heavy atom. The van der Waals surface area contributed by atoms with Crippen LogP contribution in [0.3, 0.4) is 0 Å². The maximum Gasteiger partial charge on any atom is 0.232 e. The van der Waals surface area contributed by atoms with E-state index in [-0.39, 0.29) is 22.7 Å². The molecule has 0 saturated carbocycles. The summed E-state index contributed by atoms with van der Waals surface area (Å²) in [5.74, 6) is 1.47. The minimum absolute atomic E-state index is 0.0873. The summed E-state index contributed by atoms with van der Waals surface area (Å²) in [5.41, 5.74) is 1.06. The van der Waals surface area contributed by atoms with Gasteiger partial charge in [0, 0.05) is 24.3 Å². The number of sulfone groups is 1. The van der Waals surface area contributed by atoms with Crippen molar-refractivity contribution < 1.29 is 13.2 Å². The monoisotopic (exact) mass is 410 g/mol. The quantitative estimate of drug-likeness (QED) is 0.775. The fourth-order valence-electron chi connectivity index (χ4n) is 3.61. The van der Waals surface area contributed by atoms with Gasteiger partial charge in [-0.1, -0.05) is 12.1 Å². The summed E-state index contributed by atoms with van der Waals surface area (Å²) in [6, 6.07) is 8.21. The molecule has 1 atom stereocenters. The van der Waals surface area contributed by atoms with Gasteiger partial charge in [0.15, 0.2) is 9.84 Å². The van der Waals surface area contributed by atoms with Crippen LogP contribution in [0.5, 0.6) is 0 Å². The molecule has 140 valence electrons. The zero-order valence-electron chi connectivity index (χ0n) is 14.5. The second kappa shape index (κ2) is 7.48. The number of rotatable bonds is 4. The summed E-state index contributed by atoms with van der Waals surface area (Å²) in [6.07, 6.45) is 2.59. The van der Waals surface area contributed by atoms with Crippen LogP contribution >= 0.6 is 23.1 Å². The number of carbonyl (C=O) groups is 1. The minimum atomic E-state index is -2.87. The van der Waals surface area contributed by atoms with Gasteiger partial charge in [0.1, 0.15) is 0 Å². The topological polar surface area (TPSA) is 67.3 Å². The van der Waals surface area contributed by atoms with Gasteiger partial charge >= 0.3 is 0 Å². The van der Waals surface area contributed by atoms with Crippen LogP contribution in [-0.2, 0) is 14.6 Å². The molecule has 0 bridgehead atoms. The number of nitrogens with zero attached hydrogens (tertiary/aromatic N) is 2. The van der Waals surface area contributed by atoms with Crippen molar-refractivity contribution in [3.05, 3.63) is 29.3 Å². The van der Waals surface area contributed by atoms with E-state index < -0.39 is 9.84 Å². The molecule has 0 radical (unpaired) electrons. The highest BCUT2D eigenvalue weighted by Gasteiger charge is 2.30. The summed E-state index contributed by atoms with van der Waals surface area (Å²) < 4.78 is 24.2. The molecule has 1 aromatic heterocycles. The Morgan fingerprint density at radius 1 is 1.23 bits per heavy atom. The molecule has 2 aliphatic heterocycles. The first-order chi connectivity index (χ1) is 12.5. The lowest BCUT2D eigenvalue weighted by Gasteiger charge is -2.31. The number of thiazole rings is 1. The number of amides is 1. The van der Waals surface area contributed by atoms with E-state index in [1.165, 1.54) is 21.5 Å². The summed E-state index contributed by atoms with van der Waals surface area (Å²) in [6.45, 7) is 1.53. The molecule has 0 unspecified atom stereocenters. The Morgan fingerprint density at radius 2 is 2.00 bits per heavy atom. The lowest BCUT2D eigenvalue weighted by Crippen LogP contribution is -2.39. The van der Waals surface area contributed by atoms with E-state index in [9.17, 15) is 13.2 Å². The van der Waals surface area contributed by atoms with Crippen molar-refractivity contribution in [2.24, 2.45) is 0 Å². The van der Waals surface area contributed by atoms with Crippen LogP contribution in [0.1, 0.15) is 30.2 Å². The van der Waals surface area contributed by atoms with Crippen LogP contribution in [-0.4, -0.2) is 59.8 Å². The largest absolute Gasteiger partial charge is 0.342 e. The third-order valence-corrected chi connectivity index (χ3v) is 9.61. The molecule has 3 heterocycles. The van der Waals surface area contributed by atoms with Crippen LogP contribution in [0.25, 0.3) is 10.2 Å². The normalized spacial score (nSPS) is 23.5. The van der Waals surface area contributed by atoms with Crippen LogP contribution in [0.4, 0.5) is 0 Å². The van der Waals surface area contributed by atoms with Crippen molar-refractivity contribution >= 4 is 49.1 Å². The van der Waals surface area contributed by atoms with Gasteiger partial charge < -0.3 is 4.90 Å². The van der Waals surface area contributed by atoms with E-state index in [1.807, 2.05) is 17.0 Å². The van der Waals surface area contributed by atoms with Crippen LogP contribution in [0, 0.1) is 0 Å². The highest BCUT2D eigenvalue weighted by atomic mass is 32.2. The van der Waals surface area contributed by atoms with E-state index in [2.05, 4.69) is 12.1 Å². The highest BCUT2D eigenvalue weighted by Crippen LogP contribution is 2.34. The first-order valence-electron chi connectivity index (χ1n) is 8.95. The number of aromatic nitrogens is 1. The van der Waals surface area contributed by atoms with Crippen molar-refractivity contribution in [1.29, 1.82) is 0 Å². The van der Waals surface area contributed by atoms with Crippen LogP contribution in [0.2, 0.25) is 0 Å². The predicted molar refractivity (Wildman–Crippen MR) is 108 cm³/mol. The van der Waals surface area contributed by atoms with E-state index >= 15 is 0 Å². The number of likely N-dealkylation sites (tertiary alicyclic amines) is 1. The molecule has 2 fully saturated rings. The molecular weight excluding hydrogens is 388 g/mol. The molecule has 2 aromatic rings. The Hall–Kier alpha value is -1.12. The number of para-hydroxylation sites is 1. The summed E-state index contributed by atoms with van der Waals surface area (Å²) >= 11 is 3.27. The second-order valence-electron chi connectivity index (χ2n) is 7.01. The van der Waals surface area contributed by atoms with Gasteiger partial charge in [0.05, 0.1) is 32.5 Å². The average molecular weight is 411 g/mol. The number of carbonyl (C=O) groups excluding carboxylic acids is 1. The lowest BCUT2D eigenvalue weighted by molar-refractivity contribution is -0.129. The number of hydrogen-bond donors (Lipinski definition) is 0. The van der Waals surface area contributed by atoms with Crippen molar-refractivity contribution in [2.75, 3.05) is 30.3 Å². The molecule has 26 heavy (non-hydrogen) atoms. The molecule has 1 aromatic carbocycles. The van der Waals surface area contributed by atoms with Crippen molar-refractivity contribution in [2.45, 2.75) is 30.4 Å². The number of hydrogen-bond acceptors (Lipinski definition) is 6. The van der Waals surface area contributed by atoms with Crippen molar-refractivity contribution in [3.63, 3.8) is 0 Å². The Balaban J connectivity index is 1.28. The molecular formula is C18H22N2O3S3. The van der Waals surface area contributed by atoms with E-state index in [4.69, 9.17) is 4.98 Å². The first-order valence-corrected chi connectivity index (χ1v) is 12.6. The van der Waals surface area contributed by atoms with Crippen LogP contribution in [0.15, 0.2) is 24.3 Å². The van der Waals surface area contributed by atoms with Gasteiger partial charge in [-0.15, -0.1) is 23.1 Å². The fraction of sp³-hybridized carbons (Fsp3) is 0.556. The molecule has 2 saturated heterocycles. The van der Waals surface area contributed by atoms with Gasteiger partial charge in [-0.3, -0.25) is 4.79 Å². The Labute approximate surface area is 162 Å².